The van der Waals surface area contributed by atoms with Gasteiger partial charge in [0.2, 0.25) is 0 Å². The molecule has 1 saturated heterocycles. The second kappa shape index (κ2) is 6.17. The second-order valence-corrected chi connectivity index (χ2v) is 6.38. The van der Waals surface area contributed by atoms with E-state index in [0.717, 1.165) is 32.8 Å². The van der Waals surface area contributed by atoms with Gasteiger partial charge in [-0.2, -0.15) is 0 Å². The highest BCUT2D eigenvalue weighted by atomic mass is 16.5. The highest BCUT2D eigenvalue weighted by Gasteiger charge is 2.35. The van der Waals surface area contributed by atoms with E-state index >= 15 is 0 Å². The van der Waals surface area contributed by atoms with Crippen molar-refractivity contribution in [2.75, 3.05) is 39.9 Å². The van der Waals surface area contributed by atoms with Crippen LogP contribution in [0.25, 0.3) is 0 Å². The third kappa shape index (κ3) is 4.23. The summed E-state index contributed by atoms with van der Waals surface area (Å²) in [6.07, 6.45) is 2.53. The van der Waals surface area contributed by atoms with Crippen LogP contribution in [0.15, 0.2) is 0 Å². The minimum atomic E-state index is 0.182. The largest absolute Gasteiger partial charge is 0.378 e. The number of nitrogens with zero attached hydrogens (tertiary/aromatic N) is 1. The number of hydrogen-bond donors (Lipinski definition) is 1. The van der Waals surface area contributed by atoms with Crippen LogP contribution in [-0.2, 0) is 4.74 Å². The Hall–Kier alpha value is -0.120. The van der Waals surface area contributed by atoms with Gasteiger partial charge in [0.25, 0.3) is 0 Å². The van der Waals surface area contributed by atoms with Gasteiger partial charge in [0.05, 0.1) is 13.2 Å². The van der Waals surface area contributed by atoms with Crippen LogP contribution < -0.4 is 5.32 Å². The lowest BCUT2D eigenvalue weighted by Crippen LogP contribution is -2.56. The summed E-state index contributed by atoms with van der Waals surface area (Å²) in [7, 11) is 2.05. The van der Waals surface area contributed by atoms with Crippen molar-refractivity contribution in [2.45, 2.75) is 46.1 Å². The van der Waals surface area contributed by atoms with Gasteiger partial charge in [-0.05, 0) is 32.7 Å². The summed E-state index contributed by atoms with van der Waals surface area (Å²) < 4.78 is 5.59. The zero-order valence-corrected chi connectivity index (χ0v) is 12.3. The fraction of sp³-hybridized carbons (Fsp3) is 1.00. The zero-order chi connectivity index (χ0) is 12.9. The van der Waals surface area contributed by atoms with E-state index in [1.54, 1.807) is 0 Å². The van der Waals surface area contributed by atoms with Gasteiger partial charge in [0, 0.05) is 25.2 Å². The van der Waals surface area contributed by atoms with Gasteiger partial charge in [-0.3, -0.25) is 4.90 Å². The molecule has 0 radical (unpaired) electrons. The molecule has 1 rings (SSSR count). The zero-order valence-electron chi connectivity index (χ0n) is 12.3. The van der Waals surface area contributed by atoms with Crippen molar-refractivity contribution in [3.8, 4) is 0 Å². The summed E-state index contributed by atoms with van der Waals surface area (Å²) in [5.41, 5.74) is 0.555. The van der Waals surface area contributed by atoms with E-state index in [0.29, 0.717) is 5.41 Å². The predicted molar refractivity (Wildman–Crippen MR) is 73.4 cm³/mol. The summed E-state index contributed by atoms with van der Waals surface area (Å²) in [6, 6.07) is 0. The molecule has 0 aromatic heterocycles. The monoisotopic (exact) mass is 242 g/mol. The van der Waals surface area contributed by atoms with Crippen molar-refractivity contribution in [3.05, 3.63) is 0 Å². The summed E-state index contributed by atoms with van der Waals surface area (Å²) in [5.74, 6) is 0. The second-order valence-electron chi connectivity index (χ2n) is 6.38. The van der Waals surface area contributed by atoms with Crippen molar-refractivity contribution >= 4 is 0 Å². The van der Waals surface area contributed by atoms with Crippen LogP contribution in [0, 0.1) is 5.41 Å². The molecule has 0 spiro atoms. The minimum absolute atomic E-state index is 0.182. The summed E-state index contributed by atoms with van der Waals surface area (Å²) in [5, 5.41) is 3.35. The van der Waals surface area contributed by atoms with E-state index in [1.165, 1.54) is 12.8 Å². The summed E-state index contributed by atoms with van der Waals surface area (Å²) >= 11 is 0. The average molecular weight is 242 g/mol. The maximum Gasteiger partial charge on any atom is 0.0645 e. The van der Waals surface area contributed by atoms with Crippen molar-refractivity contribution in [2.24, 2.45) is 5.41 Å². The highest BCUT2D eigenvalue weighted by molar-refractivity contribution is 4.89. The minimum Gasteiger partial charge on any atom is -0.378 e. The predicted octanol–water partition coefficient (Wildman–Crippen LogP) is 2.12. The molecule has 1 unspecified atom stereocenters. The molecule has 17 heavy (non-hydrogen) atoms. The van der Waals surface area contributed by atoms with Gasteiger partial charge in [0.1, 0.15) is 0 Å². The third-order valence-electron chi connectivity index (χ3n) is 3.85. The Morgan fingerprint density at radius 1 is 1.41 bits per heavy atom. The molecule has 0 bridgehead atoms. The van der Waals surface area contributed by atoms with Crippen molar-refractivity contribution in [1.29, 1.82) is 0 Å². The van der Waals surface area contributed by atoms with Gasteiger partial charge in [-0.15, -0.1) is 0 Å². The van der Waals surface area contributed by atoms with E-state index in [2.05, 4.69) is 45.0 Å². The Bertz CT molecular complexity index is 222. The van der Waals surface area contributed by atoms with E-state index in [4.69, 9.17) is 4.74 Å². The molecule has 1 aliphatic heterocycles. The standard InChI is InChI=1S/C14H30N2O/c1-6-7-14(4,10-15-5)11-16-8-9-17-12-13(16,2)3/h15H,6-12H2,1-5H3. The lowest BCUT2D eigenvalue weighted by Gasteiger charge is -2.46. The van der Waals surface area contributed by atoms with E-state index in [-0.39, 0.29) is 5.54 Å². The maximum absolute atomic E-state index is 5.59. The Kier molecular flexibility index (Phi) is 5.42. The van der Waals surface area contributed by atoms with Crippen LogP contribution in [0.2, 0.25) is 0 Å². The van der Waals surface area contributed by atoms with Crippen LogP contribution in [0.3, 0.4) is 0 Å². The number of ether oxygens (including phenoxy) is 1. The smallest absolute Gasteiger partial charge is 0.0645 e. The topological polar surface area (TPSA) is 24.5 Å². The molecular weight excluding hydrogens is 212 g/mol. The van der Waals surface area contributed by atoms with Crippen molar-refractivity contribution in [3.63, 3.8) is 0 Å². The molecule has 1 N–H and O–H groups in total. The first-order chi connectivity index (χ1) is 7.93. The van der Waals surface area contributed by atoms with Gasteiger partial charge in [-0.1, -0.05) is 20.3 Å². The Balaban J connectivity index is 2.64. The Labute approximate surface area is 107 Å². The fourth-order valence-corrected chi connectivity index (χ4v) is 2.90. The third-order valence-corrected chi connectivity index (χ3v) is 3.85. The highest BCUT2D eigenvalue weighted by Crippen LogP contribution is 2.29. The van der Waals surface area contributed by atoms with Crippen molar-refractivity contribution in [1.82, 2.24) is 10.2 Å². The van der Waals surface area contributed by atoms with E-state index in [1.807, 2.05) is 0 Å². The van der Waals surface area contributed by atoms with Crippen LogP contribution in [0.4, 0.5) is 0 Å². The van der Waals surface area contributed by atoms with Gasteiger partial charge >= 0.3 is 0 Å². The quantitative estimate of drug-likeness (QED) is 0.772. The SMILES string of the molecule is CCCC(C)(CNC)CN1CCOCC1(C)C. The number of nitrogens with one attached hydrogen (secondary N) is 1. The molecule has 1 aliphatic rings. The first-order valence-electron chi connectivity index (χ1n) is 6.91. The molecule has 1 heterocycles. The molecule has 0 saturated carbocycles. The molecule has 0 aromatic carbocycles. The Morgan fingerprint density at radius 3 is 2.65 bits per heavy atom. The van der Waals surface area contributed by atoms with Gasteiger partial charge in [0.15, 0.2) is 0 Å². The van der Waals surface area contributed by atoms with E-state index in [9.17, 15) is 0 Å². The van der Waals surface area contributed by atoms with Crippen molar-refractivity contribution < 1.29 is 4.74 Å². The molecule has 3 nitrogen and oxygen atoms in total. The molecular formula is C14H30N2O. The first kappa shape index (κ1) is 14.9. The molecule has 0 aromatic rings. The van der Waals surface area contributed by atoms with Crippen LogP contribution in [0.1, 0.15) is 40.5 Å². The normalized spacial score (nSPS) is 24.5. The molecule has 1 atom stereocenters. The van der Waals surface area contributed by atoms with Crippen LogP contribution >= 0.6 is 0 Å². The molecule has 102 valence electrons. The molecule has 0 aliphatic carbocycles. The van der Waals surface area contributed by atoms with Gasteiger partial charge < -0.3 is 10.1 Å². The van der Waals surface area contributed by atoms with E-state index < -0.39 is 0 Å². The number of morpholine rings is 1. The Morgan fingerprint density at radius 2 is 2.12 bits per heavy atom. The molecule has 0 amide bonds. The molecule has 1 fully saturated rings. The lowest BCUT2D eigenvalue weighted by atomic mass is 9.83. The molecule has 3 heteroatoms. The van der Waals surface area contributed by atoms with Crippen LogP contribution in [-0.4, -0.2) is 50.3 Å². The number of rotatable bonds is 6. The fourth-order valence-electron chi connectivity index (χ4n) is 2.90. The average Bonchev–Trinajstić information content (AvgIpc) is 2.22. The summed E-state index contributed by atoms with van der Waals surface area (Å²) in [6.45, 7) is 14.3. The van der Waals surface area contributed by atoms with Gasteiger partial charge in [-0.25, -0.2) is 0 Å². The number of hydrogen-bond acceptors (Lipinski definition) is 3. The summed E-state index contributed by atoms with van der Waals surface area (Å²) in [4.78, 5) is 2.60. The van der Waals surface area contributed by atoms with Crippen LogP contribution in [0.5, 0.6) is 0 Å². The lowest BCUT2D eigenvalue weighted by molar-refractivity contribution is -0.0670. The maximum atomic E-state index is 5.59. The first-order valence-corrected chi connectivity index (χ1v) is 6.91.